The third kappa shape index (κ3) is 6.49. The van der Waals surface area contributed by atoms with E-state index in [1.54, 1.807) is 0 Å². The van der Waals surface area contributed by atoms with E-state index in [9.17, 15) is 75.0 Å². The van der Waals surface area contributed by atoms with E-state index >= 15 is 0 Å². The van der Waals surface area contributed by atoms with Gasteiger partial charge in [0, 0.05) is 5.56 Å². The zero-order valence-corrected chi connectivity index (χ0v) is 24.3. The van der Waals surface area contributed by atoms with Crippen LogP contribution in [0, 0.1) is 5.92 Å². The molecule has 0 aromatic heterocycles. The van der Waals surface area contributed by atoms with Gasteiger partial charge >= 0.3 is 29.8 Å². The number of carboxylic acid groups (broad SMARTS) is 1. The lowest BCUT2D eigenvalue weighted by atomic mass is 9.75. The number of aliphatic carboxylic acids is 1. The second-order valence-corrected chi connectivity index (χ2v) is 10.5. The highest BCUT2D eigenvalue weighted by molar-refractivity contribution is 5.98. The number of esters is 4. The standard InChI is InChI=1S/C28H28O20/c1-44-27(43)23-16(15-8(25(41)47-23)4-12(32)18(36)19(15)37)9(5-14(33)34)26(42)46-22-13(6-29)45-28(21(39)20(22)38)48-24(40)7-2-10(30)17(35)11(31)3-7/h2-4,9,13,16,20-23,28-32,35-39H,5-6H2,1H3,(H,33,34)/t9-,13+,16-,20+,21+,22+,23-,28-/m0/s1. The molecule has 10 N–H and O–H groups in total. The van der Waals surface area contributed by atoms with Crippen molar-refractivity contribution in [2.24, 2.45) is 5.92 Å². The topological polar surface area (TPSA) is 334 Å². The van der Waals surface area contributed by atoms with Gasteiger partial charge in [-0.1, -0.05) is 0 Å². The summed E-state index contributed by atoms with van der Waals surface area (Å²) in [5.41, 5.74) is -1.95. The van der Waals surface area contributed by atoms with Crippen molar-refractivity contribution in [2.75, 3.05) is 13.7 Å². The Kier molecular flexibility index (Phi) is 10.0. The Balaban J connectivity index is 1.66. The highest BCUT2D eigenvalue weighted by atomic mass is 16.7. The Bertz CT molecular complexity index is 1610. The number of fused-ring (bicyclic) bond motifs is 1. The summed E-state index contributed by atoms with van der Waals surface area (Å²) in [6, 6.07) is 1.98. The number of carboxylic acids is 1. The van der Waals surface area contributed by atoms with E-state index in [1.165, 1.54) is 0 Å². The first kappa shape index (κ1) is 35.3. The first-order valence-corrected chi connectivity index (χ1v) is 13.6. The molecule has 0 unspecified atom stereocenters. The molecule has 1 fully saturated rings. The van der Waals surface area contributed by atoms with Gasteiger partial charge in [0.05, 0.1) is 43.1 Å². The highest BCUT2D eigenvalue weighted by Gasteiger charge is 2.53. The predicted octanol–water partition coefficient (Wildman–Crippen LogP) is -1.99. The Hall–Kier alpha value is -5.57. The minimum atomic E-state index is -2.24. The van der Waals surface area contributed by atoms with Gasteiger partial charge in [-0.25, -0.2) is 14.4 Å². The van der Waals surface area contributed by atoms with E-state index < -0.39 is 143 Å². The van der Waals surface area contributed by atoms with Crippen LogP contribution in [0.15, 0.2) is 18.2 Å². The van der Waals surface area contributed by atoms with Crippen LogP contribution in [0.2, 0.25) is 0 Å². The molecular formula is C28H28O20. The zero-order chi connectivity index (χ0) is 35.8. The number of cyclic esters (lactones) is 1. The molecule has 2 aliphatic rings. The van der Waals surface area contributed by atoms with Crippen LogP contribution in [0.3, 0.4) is 0 Å². The van der Waals surface area contributed by atoms with Gasteiger partial charge in [-0.05, 0) is 18.2 Å². The zero-order valence-electron chi connectivity index (χ0n) is 24.3. The fourth-order valence-electron chi connectivity index (χ4n) is 5.25. The summed E-state index contributed by atoms with van der Waals surface area (Å²) >= 11 is 0. The Labute approximate surface area is 267 Å². The number of carbonyl (C=O) groups excluding carboxylic acids is 4. The average molecular weight is 685 g/mol. The Morgan fingerprint density at radius 1 is 0.875 bits per heavy atom. The van der Waals surface area contributed by atoms with Gasteiger partial charge in [0.15, 0.2) is 34.9 Å². The van der Waals surface area contributed by atoms with Crippen LogP contribution in [-0.4, -0.2) is 131 Å². The quantitative estimate of drug-likeness (QED) is 0.0776. The van der Waals surface area contributed by atoms with Gasteiger partial charge in [0.25, 0.3) is 0 Å². The Morgan fingerprint density at radius 3 is 2.04 bits per heavy atom. The van der Waals surface area contributed by atoms with Crippen molar-refractivity contribution in [3.63, 3.8) is 0 Å². The monoisotopic (exact) mass is 684 g/mol. The number of methoxy groups -OCH3 is 1. The Morgan fingerprint density at radius 2 is 1.48 bits per heavy atom. The summed E-state index contributed by atoms with van der Waals surface area (Å²) < 4.78 is 25.2. The minimum absolute atomic E-state index is 0.560. The molecule has 2 aromatic rings. The molecular weight excluding hydrogens is 656 g/mol. The van der Waals surface area contributed by atoms with Crippen molar-refractivity contribution in [3.05, 3.63) is 34.9 Å². The van der Waals surface area contributed by atoms with Gasteiger partial charge in [-0.3, -0.25) is 9.59 Å². The molecule has 0 amide bonds. The molecule has 0 spiro atoms. The molecule has 0 aliphatic carbocycles. The molecule has 0 saturated carbocycles. The van der Waals surface area contributed by atoms with Crippen molar-refractivity contribution >= 4 is 29.8 Å². The molecule has 4 rings (SSSR count). The van der Waals surface area contributed by atoms with Crippen molar-refractivity contribution in [2.45, 2.75) is 49.1 Å². The van der Waals surface area contributed by atoms with Crippen LogP contribution >= 0.6 is 0 Å². The van der Waals surface area contributed by atoms with E-state index in [2.05, 4.69) is 4.74 Å². The SMILES string of the molecule is COC(=O)[C@H]1OC(=O)c2cc(O)c(O)c(O)c2[C@@H]1[C@H](CC(=O)O)C(=O)O[C@H]1[C@H](O)[C@@H](O)[C@H](OC(=O)c2cc(O)c(O)c(O)c2)O[C@@H]1CO. The number of carbonyl (C=O) groups is 5. The number of aliphatic hydroxyl groups is 3. The number of hydrogen-bond donors (Lipinski definition) is 10. The summed E-state index contributed by atoms with van der Waals surface area (Å²) in [6.45, 7) is -1.09. The third-order valence-electron chi connectivity index (χ3n) is 7.57. The molecule has 2 heterocycles. The smallest absolute Gasteiger partial charge is 0.347 e. The lowest BCUT2D eigenvalue weighted by Crippen LogP contribution is -2.61. The molecule has 48 heavy (non-hydrogen) atoms. The average Bonchev–Trinajstić information content (AvgIpc) is 3.04. The van der Waals surface area contributed by atoms with Gasteiger partial charge in [-0.15, -0.1) is 0 Å². The molecule has 0 radical (unpaired) electrons. The number of aliphatic hydroxyl groups excluding tert-OH is 3. The maximum absolute atomic E-state index is 13.7. The number of phenolic OH excluding ortho intramolecular Hbond substituents is 6. The predicted molar refractivity (Wildman–Crippen MR) is 146 cm³/mol. The molecule has 260 valence electrons. The van der Waals surface area contributed by atoms with Crippen molar-refractivity contribution < 1.29 is 98.7 Å². The molecule has 20 heteroatoms. The lowest BCUT2D eigenvalue weighted by Gasteiger charge is -2.42. The molecule has 8 atom stereocenters. The molecule has 2 aromatic carbocycles. The van der Waals surface area contributed by atoms with Gasteiger partial charge in [0.2, 0.25) is 18.1 Å². The highest BCUT2D eigenvalue weighted by Crippen LogP contribution is 2.50. The third-order valence-corrected chi connectivity index (χ3v) is 7.57. The van der Waals surface area contributed by atoms with Gasteiger partial charge in [0.1, 0.15) is 18.3 Å². The first-order chi connectivity index (χ1) is 22.5. The van der Waals surface area contributed by atoms with Crippen molar-refractivity contribution in [3.8, 4) is 34.5 Å². The van der Waals surface area contributed by atoms with Crippen LogP contribution in [0.5, 0.6) is 34.5 Å². The van der Waals surface area contributed by atoms with Gasteiger partial charge in [-0.2, -0.15) is 0 Å². The fraction of sp³-hybridized carbons (Fsp3) is 0.393. The summed E-state index contributed by atoms with van der Waals surface area (Å²) in [7, 11) is 0.848. The summed E-state index contributed by atoms with van der Waals surface area (Å²) in [4.78, 5) is 63.5. The summed E-state index contributed by atoms with van der Waals surface area (Å²) in [6.07, 6.45) is -13.8. The summed E-state index contributed by atoms with van der Waals surface area (Å²) in [5.74, 6) is -17.7. The number of ether oxygens (including phenoxy) is 5. The van der Waals surface area contributed by atoms with Crippen molar-refractivity contribution in [1.82, 2.24) is 0 Å². The van der Waals surface area contributed by atoms with Crippen LogP contribution in [0.1, 0.15) is 38.6 Å². The van der Waals surface area contributed by atoms with E-state index in [0.29, 0.717) is 18.2 Å². The van der Waals surface area contributed by atoms with Crippen LogP contribution < -0.4 is 0 Å². The second-order valence-electron chi connectivity index (χ2n) is 10.5. The summed E-state index contributed by atoms with van der Waals surface area (Å²) in [5, 5.41) is 101. The first-order valence-electron chi connectivity index (χ1n) is 13.6. The van der Waals surface area contributed by atoms with Crippen molar-refractivity contribution in [1.29, 1.82) is 0 Å². The minimum Gasteiger partial charge on any atom is -0.504 e. The number of aromatic hydroxyl groups is 6. The number of phenols is 6. The largest absolute Gasteiger partial charge is 0.504 e. The van der Waals surface area contributed by atoms with Crippen LogP contribution in [0.25, 0.3) is 0 Å². The van der Waals surface area contributed by atoms with E-state index in [1.807, 2.05) is 0 Å². The molecule has 2 aliphatic heterocycles. The normalized spacial score (nSPS) is 25.6. The van der Waals surface area contributed by atoms with Crippen LogP contribution in [0.4, 0.5) is 0 Å². The van der Waals surface area contributed by atoms with Gasteiger partial charge < -0.3 is 74.7 Å². The van der Waals surface area contributed by atoms with Crippen LogP contribution in [-0.2, 0) is 38.1 Å². The molecule has 1 saturated heterocycles. The lowest BCUT2D eigenvalue weighted by molar-refractivity contribution is -0.289. The van der Waals surface area contributed by atoms with E-state index in [-0.39, 0.29) is 0 Å². The second kappa shape index (κ2) is 13.7. The molecule has 20 nitrogen and oxygen atoms in total. The maximum atomic E-state index is 13.7. The number of hydrogen-bond acceptors (Lipinski definition) is 19. The fourth-order valence-corrected chi connectivity index (χ4v) is 5.25. The number of benzene rings is 2. The van der Waals surface area contributed by atoms with E-state index in [4.69, 9.17) is 18.9 Å². The van der Waals surface area contributed by atoms with E-state index in [0.717, 1.165) is 7.11 Å². The maximum Gasteiger partial charge on any atom is 0.347 e. The number of rotatable bonds is 9. The molecule has 0 bridgehead atoms.